The highest BCUT2D eigenvalue weighted by Crippen LogP contribution is 2.32. The Morgan fingerprint density at radius 1 is 1.67 bits per heavy atom. The summed E-state index contributed by atoms with van der Waals surface area (Å²) < 4.78 is 0. The van der Waals surface area contributed by atoms with Gasteiger partial charge in [0.05, 0.1) is 11.5 Å². The fraction of sp³-hybridized carbons (Fsp3) is 0.538. The van der Waals surface area contributed by atoms with Gasteiger partial charge in [-0.1, -0.05) is 0 Å². The molecule has 0 aromatic carbocycles. The average Bonchev–Trinajstić information content (AvgIpc) is 2.73. The second kappa shape index (κ2) is 4.57. The quantitative estimate of drug-likeness (QED) is 0.831. The third kappa shape index (κ3) is 2.31. The zero-order valence-electron chi connectivity index (χ0n) is 10.8. The average molecular weight is 249 g/mol. The number of carbonyl (C=O) groups excluding carboxylic acids is 1. The van der Waals surface area contributed by atoms with Gasteiger partial charge in [0.2, 0.25) is 5.91 Å². The lowest BCUT2D eigenvalue weighted by atomic mass is 9.89. The molecule has 2 unspecified atom stereocenters. The molecule has 2 rings (SSSR count). The number of aliphatic hydroxyl groups is 1. The molecule has 0 saturated carbocycles. The Bertz CT molecular complexity index is 461. The molecule has 98 valence electrons. The van der Waals surface area contributed by atoms with Crippen molar-refractivity contribution in [2.75, 3.05) is 18.0 Å². The standard InChI is InChI=1S/C13H19N3O2/c1-9(17)10-3-5-15-11(7-10)16-6-4-13(2,8-16)12(14)18/h3,5,7,9,17H,4,6,8H2,1-2H3,(H2,14,18). The molecule has 3 N–H and O–H groups in total. The van der Waals surface area contributed by atoms with Gasteiger partial charge in [-0.25, -0.2) is 4.98 Å². The maximum absolute atomic E-state index is 11.4. The molecule has 1 fully saturated rings. The number of nitrogens with two attached hydrogens (primary N) is 1. The van der Waals surface area contributed by atoms with Gasteiger partial charge in [0.25, 0.3) is 0 Å². The summed E-state index contributed by atoms with van der Waals surface area (Å²) in [6.07, 6.45) is 1.90. The van der Waals surface area contributed by atoms with Gasteiger partial charge >= 0.3 is 0 Å². The van der Waals surface area contributed by atoms with Gasteiger partial charge in [-0.3, -0.25) is 4.79 Å². The number of hydrogen-bond acceptors (Lipinski definition) is 4. The van der Waals surface area contributed by atoms with Crippen molar-refractivity contribution < 1.29 is 9.90 Å². The van der Waals surface area contributed by atoms with Crippen LogP contribution in [0.15, 0.2) is 18.3 Å². The first-order valence-electron chi connectivity index (χ1n) is 6.11. The van der Waals surface area contributed by atoms with Crippen molar-refractivity contribution in [3.05, 3.63) is 23.9 Å². The molecule has 1 aromatic heterocycles. The van der Waals surface area contributed by atoms with Crippen LogP contribution in [0.1, 0.15) is 31.9 Å². The number of aliphatic hydroxyl groups excluding tert-OH is 1. The van der Waals surface area contributed by atoms with Crippen molar-refractivity contribution in [3.63, 3.8) is 0 Å². The molecule has 2 heterocycles. The number of hydrogen-bond donors (Lipinski definition) is 2. The first kappa shape index (κ1) is 12.8. The zero-order valence-corrected chi connectivity index (χ0v) is 10.8. The first-order chi connectivity index (χ1) is 8.42. The molecule has 5 heteroatoms. The number of nitrogens with zero attached hydrogens (tertiary/aromatic N) is 2. The van der Waals surface area contributed by atoms with Gasteiger partial charge in [0.1, 0.15) is 5.82 Å². The molecule has 0 bridgehead atoms. The Hall–Kier alpha value is -1.62. The van der Waals surface area contributed by atoms with Crippen LogP contribution in [0.25, 0.3) is 0 Å². The summed E-state index contributed by atoms with van der Waals surface area (Å²) in [6, 6.07) is 3.65. The minimum Gasteiger partial charge on any atom is -0.389 e. The Labute approximate surface area is 107 Å². The van der Waals surface area contributed by atoms with E-state index in [1.807, 2.05) is 17.9 Å². The first-order valence-corrected chi connectivity index (χ1v) is 6.11. The molecule has 1 aromatic rings. The van der Waals surface area contributed by atoms with Crippen LogP contribution in [0.5, 0.6) is 0 Å². The van der Waals surface area contributed by atoms with Gasteiger partial charge in [0, 0.05) is 19.3 Å². The van der Waals surface area contributed by atoms with Gasteiger partial charge < -0.3 is 15.7 Å². The highest BCUT2D eigenvalue weighted by atomic mass is 16.3. The smallest absolute Gasteiger partial charge is 0.225 e. The predicted octanol–water partition coefficient (Wildman–Crippen LogP) is 0.837. The van der Waals surface area contributed by atoms with E-state index in [2.05, 4.69) is 4.98 Å². The van der Waals surface area contributed by atoms with Crippen molar-refractivity contribution >= 4 is 11.7 Å². The summed E-state index contributed by atoms with van der Waals surface area (Å²) in [5.41, 5.74) is 5.77. The van der Waals surface area contributed by atoms with Crippen LogP contribution in [0, 0.1) is 5.41 Å². The zero-order chi connectivity index (χ0) is 13.3. The fourth-order valence-corrected chi connectivity index (χ4v) is 2.22. The van der Waals surface area contributed by atoms with Crippen LogP contribution < -0.4 is 10.6 Å². The number of carbonyl (C=O) groups is 1. The number of amides is 1. The monoisotopic (exact) mass is 249 g/mol. The minimum absolute atomic E-state index is 0.267. The third-order valence-corrected chi connectivity index (χ3v) is 3.64. The number of rotatable bonds is 3. The molecule has 1 amide bonds. The van der Waals surface area contributed by atoms with Crippen LogP contribution in [0.4, 0.5) is 5.82 Å². The molecule has 2 atom stereocenters. The van der Waals surface area contributed by atoms with Crippen molar-refractivity contribution in [2.45, 2.75) is 26.4 Å². The van der Waals surface area contributed by atoms with E-state index in [4.69, 9.17) is 5.73 Å². The molecular formula is C13H19N3O2. The highest BCUT2D eigenvalue weighted by molar-refractivity contribution is 5.82. The van der Waals surface area contributed by atoms with Crippen LogP contribution in [0.2, 0.25) is 0 Å². The van der Waals surface area contributed by atoms with E-state index in [1.165, 1.54) is 0 Å². The van der Waals surface area contributed by atoms with Gasteiger partial charge in [-0.2, -0.15) is 0 Å². The summed E-state index contributed by atoms with van der Waals surface area (Å²) in [4.78, 5) is 17.7. The van der Waals surface area contributed by atoms with E-state index in [0.717, 1.165) is 24.3 Å². The summed E-state index contributed by atoms with van der Waals surface area (Å²) in [7, 11) is 0. The topological polar surface area (TPSA) is 79.5 Å². The molecular weight excluding hydrogens is 230 g/mol. The lowest BCUT2D eigenvalue weighted by Gasteiger charge is -2.22. The number of primary amides is 1. The van der Waals surface area contributed by atoms with Crippen molar-refractivity contribution in [2.24, 2.45) is 11.1 Å². The lowest BCUT2D eigenvalue weighted by molar-refractivity contribution is -0.125. The second-order valence-electron chi connectivity index (χ2n) is 5.22. The fourth-order valence-electron chi connectivity index (χ4n) is 2.22. The van der Waals surface area contributed by atoms with E-state index in [1.54, 1.807) is 19.2 Å². The maximum atomic E-state index is 11.4. The second-order valence-corrected chi connectivity index (χ2v) is 5.22. The van der Waals surface area contributed by atoms with Crippen molar-refractivity contribution in [3.8, 4) is 0 Å². The SMILES string of the molecule is CC(O)c1ccnc(N2CCC(C)(C(N)=O)C2)c1. The third-order valence-electron chi connectivity index (χ3n) is 3.64. The minimum atomic E-state index is -0.517. The molecule has 0 radical (unpaired) electrons. The molecule has 1 aliphatic rings. The Balaban J connectivity index is 2.19. The van der Waals surface area contributed by atoms with E-state index in [-0.39, 0.29) is 5.91 Å². The van der Waals surface area contributed by atoms with E-state index in [0.29, 0.717) is 6.54 Å². The molecule has 0 spiro atoms. The van der Waals surface area contributed by atoms with Crippen LogP contribution in [-0.2, 0) is 4.79 Å². The van der Waals surface area contributed by atoms with Crippen LogP contribution in [-0.4, -0.2) is 29.1 Å². The Morgan fingerprint density at radius 3 is 2.94 bits per heavy atom. The van der Waals surface area contributed by atoms with Crippen LogP contribution in [0.3, 0.4) is 0 Å². The number of pyridine rings is 1. The largest absolute Gasteiger partial charge is 0.389 e. The van der Waals surface area contributed by atoms with E-state index < -0.39 is 11.5 Å². The van der Waals surface area contributed by atoms with Crippen molar-refractivity contribution in [1.29, 1.82) is 0 Å². The Kier molecular flexibility index (Phi) is 3.26. The molecule has 0 aliphatic carbocycles. The van der Waals surface area contributed by atoms with Gasteiger partial charge in [0.15, 0.2) is 0 Å². The molecule has 5 nitrogen and oxygen atoms in total. The predicted molar refractivity (Wildman–Crippen MR) is 69.0 cm³/mol. The highest BCUT2D eigenvalue weighted by Gasteiger charge is 2.39. The maximum Gasteiger partial charge on any atom is 0.225 e. The molecule has 1 saturated heterocycles. The molecule has 18 heavy (non-hydrogen) atoms. The van der Waals surface area contributed by atoms with Crippen LogP contribution >= 0.6 is 0 Å². The van der Waals surface area contributed by atoms with E-state index in [9.17, 15) is 9.90 Å². The number of aromatic nitrogens is 1. The summed E-state index contributed by atoms with van der Waals surface area (Å²) >= 11 is 0. The number of anilines is 1. The summed E-state index contributed by atoms with van der Waals surface area (Å²) in [5, 5.41) is 9.56. The van der Waals surface area contributed by atoms with Gasteiger partial charge in [-0.05, 0) is 38.0 Å². The van der Waals surface area contributed by atoms with Crippen molar-refractivity contribution in [1.82, 2.24) is 4.98 Å². The molecule has 1 aliphatic heterocycles. The normalized spacial score (nSPS) is 25.2. The Morgan fingerprint density at radius 2 is 2.39 bits per heavy atom. The summed E-state index contributed by atoms with van der Waals surface area (Å²) in [6.45, 7) is 4.94. The van der Waals surface area contributed by atoms with E-state index >= 15 is 0 Å². The lowest BCUT2D eigenvalue weighted by Crippen LogP contribution is -2.37. The van der Waals surface area contributed by atoms with Gasteiger partial charge in [-0.15, -0.1) is 0 Å². The summed E-state index contributed by atoms with van der Waals surface area (Å²) in [5.74, 6) is 0.523.